The molecule has 0 amide bonds. The number of aromatic hydroxyl groups is 1. The lowest BCUT2D eigenvalue weighted by Gasteiger charge is -2.34. The first-order chi connectivity index (χ1) is 12.7. The zero-order chi connectivity index (χ0) is 18.2. The Labute approximate surface area is 155 Å². The molecular formula is C22H26N2O2. The van der Waals surface area contributed by atoms with Gasteiger partial charge in [0, 0.05) is 45.7 Å². The van der Waals surface area contributed by atoms with Crippen LogP contribution in [0.1, 0.15) is 17.5 Å². The van der Waals surface area contributed by atoms with Gasteiger partial charge < -0.3 is 10.0 Å². The van der Waals surface area contributed by atoms with Crippen molar-refractivity contribution in [1.82, 2.24) is 9.80 Å². The van der Waals surface area contributed by atoms with E-state index in [4.69, 9.17) is 0 Å². The van der Waals surface area contributed by atoms with Gasteiger partial charge in [-0.15, -0.1) is 0 Å². The standard InChI is InChI=1S/C22H26N2O2/c25-21-9-6-19(7-10-21)8-11-22(26)12-13-23-14-16-24(17-15-23)18-20-4-2-1-3-5-20/h1-11,25H,12-18H2/b11-8+. The molecule has 0 bridgehead atoms. The summed E-state index contributed by atoms with van der Waals surface area (Å²) in [6.07, 6.45) is 3.99. The Kier molecular flexibility index (Phi) is 6.58. The zero-order valence-electron chi connectivity index (χ0n) is 15.1. The number of ketones is 1. The summed E-state index contributed by atoms with van der Waals surface area (Å²) in [6.45, 7) is 5.95. The molecule has 0 aliphatic carbocycles. The molecule has 0 atom stereocenters. The predicted octanol–water partition coefficient (Wildman–Crippen LogP) is 3.18. The summed E-state index contributed by atoms with van der Waals surface area (Å²) in [7, 11) is 0. The third kappa shape index (κ3) is 5.83. The summed E-state index contributed by atoms with van der Waals surface area (Å²) in [5.74, 6) is 0.379. The van der Waals surface area contributed by atoms with Crippen LogP contribution >= 0.6 is 0 Å². The van der Waals surface area contributed by atoms with Gasteiger partial charge >= 0.3 is 0 Å². The maximum absolute atomic E-state index is 12.1. The zero-order valence-corrected chi connectivity index (χ0v) is 15.1. The minimum absolute atomic E-state index is 0.143. The fourth-order valence-electron chi connectivity index (χ4n) is 3.14. The Morgan fingerprint density at radius 3 is 2.27 bits per heavy atom. The molecule has 1 aliphatic heterocycles. The number of rotatable bonds is 7. The molecule has 2 aromatic rings. The number of carbonyl (C=O) groups excluding carboxylic acids is 1. The van der Waals surface area contributed by atoms with Gasteiger partial charge in [0.25, 0.3) is 0 Å². The van der Waals surface area contributed by atoms with Crippen molar-refractivity contribution in [2.45, 2.75) is 13.0 Å². The Morgan fingerprint density at radius 1 is 0.923 bits per heavy atom. The van der Waals surface area contributed by atoms with Crippen molar-refractivity contribution < 1.29 is 9.90 Å². The van der Waals surface area contributed by atoms with Crippen LogP contribution in [-0.4, -0.2) is 53.4 Å². The third-order valence-electron chi connectivity index (χ3n) is 4.74. The Morgan fingerprint density at radius 2 is 1.58 bits per heavy atom. The van der Waals surface area contributed by atoms with Crippen LogP contribution in [0.2, 0.25) is 0 Å². The van der Waals surface area contributed by atoms with Gasteiger partial charge in [-0.3, -0.25) is 9.69 Å². The van der Waals surface area contributed by atoms with Crippen molar-refractivity contribution in [2.24, 2.45) is 0 Å². The van der Waals surface area contributed by atoms with Crippen LogP contribution < -0.4 is 0 Å². The molecule has 1 N–H and O–H groups in total. The van der Waals surface area contributed by atoms with Crippen LogP contribution in [0.5, 0.6) is 5.75 Å². The van der Waals surface area contributed by atoms with Crippen molar-refractivity contribution >= 4 is 11.9 Å². The second kappa shape index (κ2) is 9.32. The highest BCUT2D eigenvalue weighted by Crippen LogP contribution is 2.11. The van der Waals surface area contributed by atoms with Gasteiger partial charge in [-0.2, -0.15) is 0 Å². The number of hydrogen-bond donors (Lipinski definition) is 1. The SMILES string of the molecule is O=C(/C=C/c1ccc(O)cc1)CCN1CCN(Cc2ccccc2)CC1. The highest BCUT2D eigenvalue weighted by atomic mass is 16.3. The van der Waals surface area contributed by atoms with Gasteiger partial charge in [-0.05, 0) is 29.3 Å². The Hall–Kier alpha value is -2.43. The van der Waals surface area contributed by atoms with Crippen LogP contribution in [0.3, 0.4) is 0 Å². The molecule has 26 heavy (non-hydrogen) atoms. The summed E-state index contributed by atoms with van der Waals surface area (Å²) < 4.78 is 0. The van der Waals surface area contributed by atoms with E-state index in [2.05, 4.69) is 40.1 Å². The average molecular weight is 350 g/mol. The van der Waals surface area contributed by atoms with Crippen molar-refractivity contribution in [3.8, 4) is 5.75 Å². The first kappa shape index (κ1) is 18.4. The number of allylic oxidation sites excluding steroid dienone is 1. The van der Waals surface area contributed by atoms with Gasteiger partial charge in [-0.1, -0.05) is 48.5 Å². The van der Waals surface area contributed by atoms with Gasteiger partial charge in [0.2, 0.25) is 0 Å². The molecule has 3 rings (SSSR count). The normalized spacial score (nSPS) is 16.2. The van der Waals surface area contributed by atoms with Crippen molar-refractivity contribution in [1.29, 1.82) is 0 Å². The maximum Gasteiger partial charge on any atom is 0.156 e. The van der Waals surface area contributed by atoms with E-state index < -0.39 is 0 Å². The van der Waals surface area contributed by atoms with Crippen molar-refractivity contribution in [3.05, 3.63) is 71.8 Å². The van der Waals surface area contributed by atoms with Crippen molar-refractivity contribution in [3.63, 3.8) is 0 Å². The molecule has 4 heteroatoms. The summed E-state index contributed by atoms with van der Waals surface area (Å²) in [5, 5.41) is 9.26. The lowest BCUT2D eigenvalue weighted by atomic mass is 10.1. The van der Waals surface area contributed by atoms with Crippen LogP contribution in [0.4, 0.5) is 0 Å². The van der Waals surface area contributed by atoms with E-state index >= 15 is 0 Å². The molecule has 0 unspecified atom stereocenters. The van der Waals surface area contributed by atoms with Gasteiger partial charge in [0.05, 0.1) is 0 Å². The monoisotopic (exact) mass is 350 g/mol. The summed E-state index contributed by atoms with van der Waals surface area (Å²) in [4.78, 5) is 16.9. The number of phenols is 1. The summed E-state index contributed by atoms with van der Waals surface area (Å²) in [5.41, 5.74) is 2.28. The fraction of sp³-hybridized carbons (Fsp3) is 0.318. The molecule has 0 aromatic heterocycles. The lowest BCUT2D eigenvalue weighted by molar-refractivity contribution is -0.114. The minimum Gasteiger partial charge on any atom is -0.508 e. The maximum atomic E-state index is 12.1. The largest absolute Gasteiger partial charge is 0.508 e. The molecule has 1 fully saturated rings. The summed E-state index contributed by atoms with van der Waals surface area (Å²) in [6, 6.07) is 17.4. The van der Waals surface area contributed by atoms with Crippen LogP contribution in [0.15, 0.2) is 60.7 Å². The Balaban J connectivity index is 1.36. The van der Waals surface area contributed by atoms with Gasteiger partial charge in [-0.25, -0.2) is 0 Å². The first-order valence-corrected chi connectivity index (χ1v) is 9.17. The molecule has 2 aromatic carbocycles. The van der Waals surface area contributed by atoms with E-state index in [-0.39, 0.29) is 11.5 Å². The smallest absolute Gasteiger partial charge is 0.156 e. The highest BCUT2D eigenvalue weighted by molar-refractivity contribution is 5.93. The van der Waals surface area contributed by atoms with Gasteiger partial charge in [0.1, 0.15) is 5.75 Å². The second-order valence-corrected chi connectivity index (χ2v) is 6.74. The van der Waals surface area contributed by atoms with Crippen LogP contribution in [0, 0.1) is 0 Å². The number of piperazine rings is 1. The van der Waals surface area contributed by atoms with Crippen molar-refractivity contribution in [2.75, 3.05) is 32.7 Å². The molecule has 1 aliphatic rings. The van der Waals surface area contributed by atoms with E-state index in [1.807, 2.05) is 0 Å². The summed E-state index contributed by atoms with van der Waals surface area (Å²) >= 11 is 0. The van der Waals surface area contributed by atoms with Gasteiger partial charge in [0.15, 0.2) is 5.78 Å². The average Bonchev–Trinajstić information content (AvgIpc) is 2.68. The number of nitrogens with zero attached hydrogens (tertiary/aromatic N) is 2. The van der Waals surface area contributed by atoms with Crippen LogP contribution in [-0.2, 0) is 11.3 Å². The van der Waals surface area contributed by atoms with Crippen LogP contribution in [0.25, 0.3) is 6.08 Å². The molecule has 1 saturated heterocycles. The minimum atomic E-state index is 0.143. The molecule has 0 saturated carbocycles. The second-order valence-electron chi connectivity index (χ2n) is 6.74. The quantitative estimate of drug-likeness (QED) is 0.779. The molecular weight excluding hydrogens is 324 g/mol. The van der Waals surface area contributed by atoms with E-state index in [0.29, 0.717) is 6.42 Å². The molecule has 0 spiro atoms. The molecule has 4 nitrogen and oxygen atoms in total. The third-order valence-corrected chi connectivity index (χ3v) is 4.74. The number of carbonyl (C=O) groups is 1. The Bertz CT molecular complexity index is 718. The number of benzene rings is 2. The van der Waals surface area contributed by atoms with E-state index in [1.165, 1.54) is 5.56 Å². The first-order valence-electron chi connectivity index (χ1n) is 9.17. The topological polar surface area (TPSA) is 43.8 Å². The molecule has 136 valence electrons. The number of phenolic OH excluding ortho intramolecular Hbond substituents is 1. The molecule has 1 heterocycles. The lowest BCUT2D eigenvalue weighted by Crippen LogP contribution is -2.46. The predicted molar refractivity (Wildman–Crippen MR) is 105 cm³/mol. The van der Waals surface area contributed by atoms with E-state index in [9.17, 15) is 9.90 Å². The fourth-order valence-corrected chi connectivity index (χ4v) is 3.14. The highest BCUT2D eigenvalue weighted by Gasteiger charge is 2.17. The molecule has 0 radical (unpaired) electrons. The number of hydrogen-bond acceptors (Lipinski definition) is 4. The van der Waals surface area contributed by atoms with E-state index in [1.54, 1.807) is 36.4 Å². The van der Waals surface area contributed by atoms with E-state index in [0.717, 1.165) is 44.8 Å².